The van der Waals surface area contributed by atoms with Crippen molar-refractivity contribution in [2.24, 2.45) is 23.7 Å². The smallest absolute Gasteiger partial charge is 0.237 e. The molecule has 1 aliphatic heterocycles. The van der Waals surface area contributed by atoms with Gasteiger partial charge in [0.25, 0.3) is 0 Å². The second kappa shape index (κ2) is 5.91. The Morgan fingerprint density at radius 2 is 1.81 bits per heavy atom. The van der Waals surface area contributed by atoms with Crippen LogP contribution in [0.2, 0.25) is 0 Å². The molecular formula is C18H30N2O. The van der Waals surface area contributed by atoms with Crippen molar-refractivity contribution < 1.29 is 4.79 Å². The molecule has 0 aromatic heterocycles. The molecule has 21 heavy (non-hydrogen) atoms. The summed E-state index contributed by atoms with van der Waals surface area (Å²) < 4.78 is 0. The van der Waals surface area contributed by atoms with Gasteiger partial charge in [-0.05, 0) is 68.6 Å². The highest BCUT2D eigenvalue weighted by molar-refractivity contribution is 5.81. The number of nitrogens with one attached hydrogen (secondary N) is 2. The number of hydrogen-bond acceptors (Lipinski definition) is 2. The zero-order chi connectivity index (χ0) is 14.2. The number of hydrogen-bond donors (Lipinski definition) is 2. The average Bonchev–Trinajstić information content (AvgIpc) is 3.15. The lowest BCUT2D eigenvalue weighted by Crippen LogP contribution is -2.55. The summed E-state index contributed by atoms with van der Waals surface area (Å²) in [4.78, 5) is 12.5. The highest BCUT2D eigenvalue weighted by Gasteiger charge is 2.40. The summed E-state index contributed by atoms with van der Waals surface area (Å²) in [6, 6.07) is 0.702. The summed E-state index contributed by atoms with van der Waals surface area (Å²) >= 11 is 0. The molecule has 2 bridgehead atoms. The molecule has 3 heteroatoms. The maximum absolute atomic E-state index is 12.5. The van der Waals surface area contributed by atoms with E-state index in [2.05, 4.69) is 10.6 Å². The molecule has 0 spiro atoms. The number of amides is 1. The molecule has 118 valence electrons. The van der Waals surface area contributed by atoms with E-state index < -0.39 is 0 Å². The van der Waals surface area contributed by atoms with E-state index in [1.165, 1.54) is 57.8 Å². The lowest BCUT2D eigenvalue weighted by Gasteiger charge is -2.40. The molecule has 4 aliphatic rings. The molecule has 6 atom stereocenters. The van der Waals surface area contributed by atoms with Crippen molar-refractivity contribution in [3.8, 4) is 0 Å². The highest BCUT2D eigenvalue weighted by atomic mass is 16.2. The fourth-order valence-electron chi connectivity index (χ4n) is 5.68. The van der Waals surface area contributed by atoms with E-state index in [0.29, 0.717) is 6.04 Å². The first kappa shape index (κ1) is 14.0. The average molecular weight is 290 g/mol. The van der Waals surface area contributed by atoms with Crippen LogP contribution >= 0.6 is 0 Å². The standard InChI is InChI=1S/C18H30N2O/c21-18(19-11-15-10-12-5-6-14(15)9-12)17-8-7-13-3-1-2-4-16(13)20-17/h12-17,20H,1-11H2,(H,19,21). The molecule has 1 heterocycles. The van der Waals surface area contributed by atoms with Crippen LogP contribution in [0.5, 0.6) is 0 Å². The van der Waals surface area contributed by atoms with Gasteiger partial charge in [0.05, 0.1) is 6.04 Å². The Morgan fingerprint density at radius 3 is 2.62 bits per heavy atom. The third-order valence-corrected chi connectivity index (χ3v) is 6.89. The van der Waals surface area contributed by atoms with E-state index in [0.717, 1.165) is 36.6 Å². The van der Waals surface area contributed by atoms with Gasteiger partial charge in [0.2, 0.25) is 5.91 Å². The number of carbonyl (C=O) groups excluding carboxylic acids is 1. The third-order valence-electron chi connectivity index (χ3n) is 6.89. The molecule has 0 aromatic rings. The van der Waals surface area contributed by atoms with E-state index in [1.54, 1.807) is 0 Å². The van der Waals surface area contributed by atoms with Crippen molar-refractivity contribution in [3.05, 3.63) is 0 Å². The number of piperidine rings is 1. The Hall–Kier alpha value is -0.570. The van der Waals surface area contributed by atoms with Gasteiger partial charge in [0.1, 0.15) is 0 Å². The van der Waals surface area contributed by atoms with Crippen molar-refractivity contribution in [2.45, 2.75) is 76.3 Å². The van der Waals surface area contributed by atoms with E-state index in [9.17, 15) is 4.79 Å². The minimum absolute atomic E-state index is 0.0861. The summed E-state index contributed by atoms with van der Waals surface area (Å²) in [5.74, 6) is 3.79. The van der Waals surface area contributed by atoms with Crippen LogP contribution in [0.1, 0.15) is 64.2 Å². The molecule has 0 radical (unpaired) electrons. The molecular weight excluding hydrogens is 260 g/mol. The first-order valence-corrected chi connectivity index (χ1v) is 9.33. The van der Waals surface area contributed by atoms with E-state index in [1.807, 2.05) is 0 Å². The van der Waals surface area contributed by atoms with Crippen molar-refractivity contribution >= 4 is 5.91 Å². The molecule has 3 aliphatic carbocycles. The highest BCUT2D eigenvalue weighted by Crippen LogP contribution is 2.47. The zero-order valence-corrected chi connectivity index (χ0v) is 13.2. The molecule has 4 rings (SSSR count). The predicted molar refractivity (Wildman–Crippen MR) is 83.9 cm³/mol. The monoisotopic (exact) mass is 290 g/mol. The quantitative estimate of drug-likeness (QED) is 0.839. The first-order chi connectivity index (χ1) is 10.3. The first-order valence-electron chi connectivity index (χ1n) is 9.33. The molecule has 1 saturated heterocycles. The fraction of sp³-hybridized carbons (Fsp3) is 0.944. The second-order valence-corrected chi connectivity index (χ2v) is 8.13. The molecule has 3 nitrogen and oxygen atoms in total. The Bertz CT molecular complexity index is 397. The lowest BCUT2D eigenvalue weighted by atomic mass is 9.77. The van der Waals surface area contributed by atoms with Crippen LogP contribution in [0.3, 0.4) is 0 Å². The van der Waals surface area contributed by atoms with Gasteiger partial charge in [-0.2, -0.15) is 0 Å². The molecule has 0 aromatic carbocycles. The van der Waals surface area contributed by atoms with Gasteiger partial charge in [-0.3, -0.25) is 4.79 Å². The van der Waals surface area contributed by atoms with Gasteiger partial charge in [-0.25, -0.2) is 0 Å². The summed E-state index contributed by atoms with van der Waals surface area (Å²) in [6.45, 7) is 0.937. The lowest BCUT2D eigenvalue weighted by molar-refractivity contribution is -0.124. The Morgan fingerprint density at radius 1 is 0.952 bits per heavy atom. The minimum Gasteiger partial charge on any atom is -0.354 e. The van der Waals surface area contributed by atoms with Crippen LogP contribution in [-0.2, 0) is 4.79 Å². The van der Waals surface area contributed by atoms with Gasteiger partial charge in [0.15, 0.2) is 0 Å². The fourth-order valence-corrected chi connectivity index (χ4v) is 5.68. The van der Waals surface area contributed by atoms with Crippen molar-refractivity contribution in [3.63, 3.8) is 0 Å². The van der Waals surface area contributed by atoms with Gasteiger partial charge >= 0.3 is 0 Å². The summed E-state index contributed by atoms with van der Waals surface area (Å²) in [5, 5.41) is 6.93. The minimum atomic E-state index is 0.0861. The van der Waals surface area contributed by atoms with Crippen LogP contribution in [-0.4, -0.2) is 24.5 Å². The van der Waals surface area contributed by atoms with E-state index in [-0.39, 0.29) is 11.9 Å². The molecule has 3 saturated carbocycles. The summed E-state index contributed by atoms with van der Waals surface area (Å²) in [6.07, 6.45) is 13.3. The van der Waals surface area contributed by atoms with Crippen molar-refractivity contribution in [1.29, 1.82) is 0 Å². The van der Waals surface area contributed by atoms with Crippen LogP contribution in [0.15, 0.2) is 0 Å². The Balaban J connectivity index is 1.25. The summed E-state index contributed by atoms with van der Waals surface area (Å²) in [7, 11) is 0. The largest absolute Gasteiger partial charge is 0.354 e. The molecule has 1 amide bonds. The molecule has 4 fully saturated rings. The number of rotatable bonds is 3. The topological polar surface area (TPSA) is 41.1 Å². The maximum atomic E-state index is 12.5. The Labute approximate surface area is 128 Å². The predicted octanol–water partition coefficient (Wildman–Crippen LogP) is 2.85. The maximum Gasteiger partial charge on any atom is 0.237 e. The number of carbonyl (C=O) groups is 1. The molecule has 6 unspecified atom stereocenters. The van der Waals surface area contributed by atoms with Gasteiger partial charge in [0, 0.05) is 12.6 Å². The third kappa shape index (κ3) is 2.86. The number of fused-ring (bicyclic) bond motifs is 3. The SMILES string of the molecule is O=C(NCC1CC2CCC1C2)C1CCC2CCCCC2N1. The van der Waals surface area contributed by atoms with Gasteiger partial charge < -0.3 is 10.6 Å². The van der Waals surface area contributed by atoms with Gasteiger partial charge in [-0.15, -0.1) is 0 Å². The normalized spacial score (nSPS) is 45.3. The zero-order valence-electron chi connectivity index (χ0n) is 13.2. The van der Waals surface area contributed by atoms with Crippen LogP contribution < -0.4 is 10.6 Å². The van der Waals surface area contributed by atoms with Crippen LogP contribution in [0.25, 0.3) is 0 Å². The Kier molecular flexibility index (Phi) is 3.95. The molecule has 2 N–H and O–H groups in total. The van der Waals surface area contributed by atoms with Crippen LogP contribution in [0.4, 0.5) is 0 Å². The van der Waals surface area contributed by atoms with Crippen molar-refractivity contribution in [2.75, 3.05) is 6.54 Å². The summed E-state index contributed by atoms with van der Waals surface area (Å²) in [5.41, 5.74) is 0. The van der Waals surface area contributed by atoms with E-state index in [4.69, 9.17) is 0 Å². The second-order valence-electron chi connectivity index (χ2n) is 8.13. The van der Waals surface area contributed by atoms with Crippen LogP contribution in [0, 0.1) is 23.7 Å². The van der Waals surface area contributed by atoms with E-state index >= 15 is 0 Å². The van der Waals surface area contributed by atoms with Crippen molar-refractivity contribution in [1.82, 2.24) is 10.6 Å². The van der Waals surface area contributed by atoms with Gasteiger partial charge in [-0.1, -0.05) is 19.3 Å².